The zero-order valence-electron chi connectivity index (χ0n) is 11.3. The third kappa shape index (κ3) is 2.53. The molecule has 1 aromatic rings. The summed E-state index contributed by atoms with van der Waals surface area (Å²) in [5, 5.41) is 0. The number of hydrogen-bond acceptors (Lipinski definition) is 3. The van der Waals surface area contributed by atoms with Crippen molar-refractivity contribution in [3.8, 4) is 0 Å². The maximum absolute atomic E-state index is 13.9. The Hall–Kier alpha value is -1.04. The first-order valence-electron chi connectivity index (χ1n) is 5.96. The Morgan fingerprint density at radius 2 is 1.83 bits per heavy atom. The molecule has 0 heterocycles. The summed E-state index contributed by atoms with van der Waals surface area (Å²) in [7, 11) is 3.74. The van der Waals surface area contributed by atoms with Crippen molar-refractivity contribution < 1.29 is 8.78 Å². The van der Waals surface area contributed by atoms with Gasteiger partial charge in [0.05, 0.1) is 6.04 Å². The molecule has 0 amide bonds. The van der Waals surface area contributed by atoms with E-state index in [1.807, 2.05) is 32.8 Å². The monoisotopic (exact) mass is 257 g/mol. The quantitative estimate of drug-likeness (QED) is 0.627. The van der Waals surface area contributed by atoms with Gasteiger partial charge < -0.3 is 4.90 Å². The van der Waals surface area contributed by atoms with Crippen molar-refractivity contribution >= 4 is 0 Å². The first-order chi connectivity index (χ1) is 8.38. The van der Waals surface area contributed by atoms with Crippen molar-refractivity contribution in [1.29, 1.82) is 0 Å². The number of nitrogens with two attached hydrogens (primary N) is 1. The molecule has 102 valence electrons. The van der Waals surface area contributed by atoms with Gasteiger partial charge in [-0.05, 0) is 39.6 Å². The van der Waals surface area contributed by atoms with E-state index in [0.29, 0.717) is 6.42 Å². The number of benzene rings is 1. The maximum Gasteiger partial charge on any atom is 0.131 e. The third-order valence-corrected chi connectivity index (χ3v) is 3.81. The van der Waals surface area contributed by atoms with E-state index in [2.05, 4.69) is 5.43 Å². The average molecular weight is 257 g/mol. The summed E-state index contributed by atoms with van der Waals surface area (Å²) in [5.74, 6) is 4.36. The molecule has 3 N–H and O–H groups in total. The molecule has 2 unspecified atom stereocenters. The SMILES string of the molecule is CCC(C)(C(NN)c1c(F)cccc1F)N(C)C. The van der Waals surface area contributed by atoms with Crippen molar-refractivity contribution in [2.75, 3.05) is 14.1 Å². The highest BCUT2D eigenvalue weighted by Gasteiger charge is 2.38. The Kier molecular flexibility index (Phi) is 4.78. The third-order valence-electron chi connectivity index (χ3n) is 3.81. The van der Waals surface area contributed by atoms with Crippen LogP contribution in [0.3, 0.4) is 0 Å². The lowest BCUT2D eigenvalue weighted by molar-refractivity contribution is 0.109. The van der Waals surface area contributed by atoms with Crippen LogP contribution in [0.2, 0.25) is 0 Å². The molecule has 0 radical (unpaired) electrons. The molecular formula is C13H21F2N3. The number of hydrazine groups is 1. The summed E-state index contributed by atoms with van der Waals surface area (Å²) in [6.45, 7) is 3.88. The second kappa shape index (κ2) is 5.73. The van der Waals surface area contributed by atoms with Gasteiger partial charge in [-0.3, -0.25) is 11.3 Å². The maximum atomic E-state index is 13.9. The van der Waals surface area contributed by atoms with Gasteiger partial charge in [0.15, 0.2) is 0 Å². The van der Waals surface area contributed by atoms with Crippen molar-refractivity contribution in [2.24, 2.45) is 5.84 Å². The fraction of sp³-hybridized carbons (Fsp3) is 0.538. The molecule has 0 aliphatic carbocycles. The van der Waals surface area contributed by atoms with Gasteiger partial charge in [0, 0.05) is 11.1 Å². The van der Waals surface area contributed by atoms with E-state index in [1.165, 1.54) is 18.2 Å². The van der Waals surface area contributed by atoms with Crippen LogP contribution >= 0.6 is 0 Å². The Labute approximate surface area is 107 Å². The van der Waals surface area contributed by atoms with Gasteiger partial charge in [-0.15, -0.1) is 0 Å². The molecule has 0 spiro atoms. The van der Waals surface area contributed by atoms with Gasteiger partial charge in [-0.25, -0.2) is 8.78 Å². The minimum atomic E-state index is -0.626. The molecule has 3 nitrogen and oxygen atoms in total. The van der Waals surface area contributed by atoms with E-state index < -0.39 is 23.2 Å². The Morgan fingerprint density at radius 1 is 1.33 bits per heavy atom. The second-order valence-electron chi connectivity index (χ2n) is 4.84. The first-order valence-corrected chi connectivity index (χ1v) is 5.96. The molecule has 18 heavy (non-hydrogen) atoms. The molecule has 0 aliphatic rings. The number of rotatable bonds is 5. The lowest BCUT2D eigenvalue weighted by Gasteiger charge is -2.42. The van der Waals surface area contributed by atoms with E-state index >= 15 is 0 Å². The zero-order valence-corrected chi connectivity index (χ0v) is 11.3. The van der Waals surface area contributed by atoms with Crippen LogP contribution in [0.25, 0.3) is 0 Å². The van der Waals surface area contributed by atoms with E-state index in [4.69, 9.17) is 5.84 Å². The molecule has 5 heteroatoms. The Bertz CT molecular complexity index is 389. The highest BCUT2D eigenvalue weighted by Crippen LogP contribution is 2.34. The predicted molar refractivity (Wildman–Crippen MR) is 68.8 cm³/mol. The largest absolute Gasteiger partial charge is 0.302 e. The highest BCUT2D eigenvalue weighted by molar-refractivity contribution is 5.26. The number of nitrogens with one attached hydrogen (secondary N) is 1. The van der Waals surface area contributed by atoms with Crippen molar-refractivity contribution in [1.82, 2.24) is 10.3 Å². The van der Waals surface area contributed by atoms with E-state index in [9.17, 15) is 8.78 Å². The van der Waals surface area contributed by atoms with Crippen molar-refractivity contribution in [3.63, 3.8) is 0 Å². The summed E-state index contributed by atoms with van der Waals surface area (Å²) < 4.78 is 27.7. The van der Waals surface area contributed by atoms with Crippen molar-refractivity contribution in [2.45, 2.75) is 31.8 Å². The van der Waals surface area contributed by atoms with Crippen LogP contribution in [0.5, 0.6) is 0 Å². The average Bonchev–Trinajstić information content (AvgIpc) is 2.32. The molecule has 0 aliphatic heterocycles. The molecule has 0 saturated heterocycles. The van der Waals surface area contributed by atoms with Gasteiger partial charge in [0.1, 0.15) is 11.6 Å². The van der Waals surface area contributed by atoms with Gasteiger partial charge >= 0.3 is 0 Å². The van der Waals surface area contributed by atoms with E-state index in [0.717, 1.165) is 0 Å². The lowest BCUT2D eigenvalue weighted by atomic mass is 9.83. The molecule has 0 saturated carbocycles. The lowest BCUT2D eigenvalue weighted by Crippen LogP contribution is -2.53. The summed E-state index contributed by atoms with van der Waals surface area (Å²) in [5.41, 5.74) is 2.05. The normalized spacial score (nSPS) is 16.7. The summed E-state index contributed by atoms with van der Waals surface area (Å²) in [6.07, 6.45) is 0.697. The van der Waals surface area contributed by atoms with Crippen LogP contribution in [0.4, 0.5) is 8.78 Å². The minimum absolute atomic E-state index is 0.0157. The summed E-state index contributed by atoms with van der Waals surface area (Å²) in [6, 6.07) is 3.21. The molecule has 1 aromatic carbocycles. The molecule has 2 atom stereocenters. The van der Waals surface area contributed by atoms with Crippen LogP contribution in [0.15, 0.2) is 18.2 Å². The van der Waals surface area contributed by atoms with Crippen LogP contribution in [-0.2, 0) is 0 Å². The van der Waals surface area contributed by atoms with E-state index in [-0.39, 0.29) is 5.56 Å². The molecule has 0 aromatic heterocycles. The second-order valence-corrected chi connectivity index (χ2v) is 4.84. The van der Waals surface area contributed by atoms with Crippen molar-refractivity contribution in [3.05, 3.63) is 35.4 Å². The first kappa shape index (κ1) is 15.0. The molecule has 1 rings (SSSR count). The number of hydrogen-bond donors (Lipinski definition) is 2. The number of nitrogens with zero attached hydrogens (tertiary/aromatic N) is 1. The Morgan fingerprint density at radius 3 is 2.17 bits per heavy atom. The smallest absolute Gasteiger partial charge is 0.131 e. The Balaban J connectivity index is 3.33. The fourth-order valence-corrected chi connectivity index (χ4v) is 2.14. The number of likely N-dealkylation sites (N-methyl/N-ethyl adjacent to an activating group) is 1. The highest BCUT2D eigenvalue weighted by atomic mass is 19.1. The molecular weight excluding hydrogens is 236 g/mol. The minimum Gasteiger partial charge on any atom is -0.302 e. The van der Waals surface area contributed by atoms with Gasteiger partial charge in [-0.2, -0.15) is 0 Å². The topological polar surface area (TPSA) is 41.3 Å². The molecule has 0 bridgehead atoms. The standard InChI is InChI=1S/C13H21F2N3/c1-5-13(2,18(3)4)12(17-16)11-9(14)7-6-8-10(11)15/h6-8,12,17H,5,16H2,1-4H3. The van der Waals surface area contributed by atoms with E-state index in [1.54, 1.807) is 0 Å². The van der Waals surface area contributed by atoms with Crippen LogP contribution < -0.4 is 11.3 Å². The van der Waals surface area contributed by atoms with Gasteiger partial charge in [0.25, 0.3) is 0 Å². The summed E-state index contributed by atoms with van der Waals surface area (Å²) >= 11 is 0. The van der Waals surface area contributed by atoms with Crippen LogP contribution in [0, 0.1) is 11.6 Å². The number of halogens is 2. The van der Waals surface area contributed by atoms with Crippen LogP contribution in [-0.4, -0.2) is 24.5 Å². The summed E-state index contributed by atoms with van der Waals surface area (Å²) in [4.78, 5) is 1.92. The zero-order chi connectivity index (χ0) is 13.9. The molecule has 0 fully saturated rings. The van der Waals surface area contributed by atoms with Gasteiger partial charge in [0.2, 0.25) is 0 Å². The van der Waals surface area contributed by atoms with Crippen LogP contribution in [0.1, 0.15) is 31.9 Å². The predicted octanol–water partition coefficient (Wildman–Crippen LogP) is 2.20. The van der Waals surface area contributed by atoms with Gasteiger partial charge in [-0.1, -0.05) is 13.0 Å². The fourth-order valence-electron chi connectivity index (χ4n) is 2.14.